The average molecular weight is 392 g/mol. The smallest absolute Gasteiger partial charge is 0.375 e. The number of esters is 1. The van der Waals surface area contributed by atoms with E-state index in [1.54, 1.807) is 25.1 Å². The third-order valence-corrected chi connectivity index (χ3v) is 3.95. The van der Waals surface area contributed by atoms with Crippen molar-refractivity contribution in [3.05, 3.63) is 58.2 Å². The molecule has 24 heavy (non-hydrogen) atoms. The molecule has 1 N–H and O–H groups in total. The van der Waals surface area contributed by atoms with Gasteiger partial charge in [-0.05, 0) is 37.3 Å². The van der Waals surface area contributed by atoms with E-state index in [-0.39, 0.29) is 18.9 Å². The lowest BCUT2D eigenvalue weighted by molar-refractivity contribution is -0.124. The minimum absolute atomic E-state index is 0.0990. The van der Waals surface area contributed by atoms with Crippen molar-refractivity contribution in [3.63, 3.8) is 0 Å². The van der Waals surface area contributed by atoms with E-state index in [4.69, 9.17) is 13.6 Å². The second kappa shape index (κ2) is 6.92. The lowest BCUT2D eigenvalue weighted by Gasteiger charge is -2.04. The molecule has 0 bridgehead atoms. The molecule has 0 spiro atoms. The minimum Gasteiger partial charge on any atom is -0.467 e. The Morgan fingerprint density at radius 2 is 2.12 bits per heavy atom. The van der Waals surface area contributed by atoms with Crippen LogP contribution in [0.1, 0.15) is 21.9 Å². The Kier molecular flexibility index (Phi) is 4.71. The molecule has 3 rings (SSSR count). The number of amides is 1. The predicted molar refractivity (Wildman–Crippen MR) is 89.5 cm³/mol. The molecule has 6 nitrogen and oxygen atoms in total. The third kappa shape index (κ3) is 3.51. The fraction of sp³-hybridized carbons (Fsp3) is 0.176. The summed E-state index contributed by atoms with van der Waals surface area (Å²) in [6.07, 6.45) is 1.52. The Bertz CT molecular complexity index is 882. The molecular formula is C17H14BrNO5. The van der Waals surface area contributed by atoms with Gasteiger partial charge in [0.15, 0.2) is 6.61 Å². The molecule has 2 heterocycles. The largest absolute Gasteiger partial charge is 0.467 e. The summed E-state index contributed by atoms with van der Waals surface area (Å²) >= 11 is 3.38. The summed E-state index contributed by atoms with van der Waals surface area (Å²) in [5.41, 5.74) is 1.26. The number of benzene rings is 1. The summed E-state index contributed by atoms with van der Waals surface area (Å²) in [4.78, 5) is 23.8. The summed E-state index contributed by atoms with van der Waals surface area (Å²) in [5.74, 6) is -0.375. The van der Waals surface area contributed by atoms with Gasteiger partial charge in [0.2, 0.25) is 5.76 Å². The maximum atomic E-state index is 12.1. The molecule has 0 aliphatic heterocycles. The van der Waals surface area contributed by atoms with Crippen molar-refractivity contribution in [1.82, 2.24) is 5.32 Å². The van der Waals surface area contributed by atoms with Crippen LogP contribution >= 0.6 is 15.9 Å². The summed E-state index contributed by atoms with van der Waals surface area (Å²) in [5, 5.41) is 3.41. The first-order chi connectivity index (χ1) is 11.5. The molecule has 0 fully saturated rings. The first-order valence-electron chi connectivity index (χ1n) is 7.19. The van der Waals surface area contributed by atoms with Gasteiger partial charge in [-0.3, -0.25) is 4.79 Å². The van der Waals surface area contributed by atoms with Gasteiger partial charge in [0.1, 0.15) is 11.3 Å². The molecule has 3 aromatic rings. The van der Waals surface area contributed by atoms with E-state index in [0.717, 1.165) is 9.86 Å². The number of fused-ring (bicyclic) bond motifs is 1. The van der Waals surface area contributed by atoms with Gasteiger partial charge in [-0.1, -0.05) is 15.9 Å². The molecule has 0 radical (unpaired) electrons. The average Bonchev–Trinajstić information content (AvgIpc) is 3.19. The number of hydrogen-bond donors (Lipinski definition) is 1. The van der Waals surface area contributed by atoms with Crippen molar-refractivity contribution in [2.75, 3.05) is 6.61 Å². The summed E-state index contributed by atoms with van der Waals surface area (Å²) in [7, 11) is 0. The van der Waals surface area contributed by atoms with Gasteiger partial charge in [0.05, 0.1) is 12.8 Å². The number of halogens is 1. The third-order valence-electron chi connectivity index (χ3n) is 3.46. The van der Waals surface area contributed by atoms with Gasteiger partial charge in [0.25, 0.3) is 5.91 Å². The first-order valence-corrected chi connectivity index (χ1v) is 7.99. The van der Waals surface area contributed by atoms with Crippen molar-refractivity contribution < 1.29 is 23.2 Å². The lowest BCUT2D eigenvalue weighted by Crippen LogP contribution is -2.28. The van der Waals surface area contributed by atoms with Crippen LogP contribution in [0.25, 0.3) is 11.0 Å². The van der Waals surface area contributed by atoms with Crippen LogP contribution in [0.15, 0.2) is 49.9 Å². The van der Waals surface area contributed by atoms with E-state index in [1.165, 1.54) is 6.26 Å². The van der Waals surface area contributed by atoms with Crippen LogP contribution in [-0.2, 0) is 16.1 Å². The quantitative estimate of drug-likeness (QED) is 0.672. The molecule has 2 aromatic heterocycles. The number of hydrogen-bond acceptors (Lipinski definition) is 5. The zero-order valence-corrected chi connectivity index (χ0v) is 14.4. The number of carbonyl (C=O) groups is 2. The molecule has 124 valence electrons. The van der Waals surface area contributed by atoms with Crippen LogP contribution in [-0.4, -0.2) is 18.5 Å². The van der Waals surface area contributed by atoms with Gasteiger partial charge < -0.3 is 18.9 Å². The molecule has 0 unspecified atom stereocenters. The van der Waals surface area contributed by atoms with Crippen molar-refractivity contribution in [1.29, 1.82) is 0 Å². The van der Waals surface area contributed by atoms with E-state index in [1.807, 2.05) is 12.1 Å². The highest BCUT2D eigenvalue weighted by molar-refractivity contribution is 9.10. The maximum absolute atomic E-state index is 12.1. The Morgan fingerprint density at radius 3 is 2.88 bits per heavy atom. The second-order valence-electron chi connectivity index (χ2n) is 5.13. The normalized spacial score (nSPS) is 10.8. The monoisotopic (exact) mass is 391 g/mol. The summed E-state index contributed by atoms with van der Waals surface area (Å²) < 4.78 is 16.5. The van der Waals surface area contributed by atoms with E-state index in [0.29, 0.717) is 16.9 Å². The molecule has 0 aliphatic rings. The second-order valence-corrected chi connectivity index (χ2v) is 6.04. The van der Waals surface area contributed by atoms with Gasteiger partial charge in [-0.15, -0.1) is 0 Å². The van der Waals surface area contributed by atoms with E-state index in [9.17, 15) is 9.59 Å². The standard InChI is InChI=1S/C17H14BrNO5/c1-10-13-7-11(18)4-5-14(13)24-16(10)17(21)23-9-15(20)19-8-12-3-2-6-22-12/h2-7H,8-9H2,1H3,(H,19,20). The summed E-state index contributed by atoms with van der Waals surface area (Å²) in [6.45, 7) is 1.62. The highest BCUT2D eigenvalue weighted by atomic mass is 79.9. The van der Waals surface area contributed by atoms with Gasteiger partial charge in [-0.25, -0.2) is 4.79 Å². The number of carbonyl (C=O) groups excluding carboxylic acids is 2. The van der Waals surface area contributed by atoms with Gasteiger partial charge in [0, 0.05) is 15.4 Å². The van der Waals surface area contributed by atoms with Crippen molar-refractivity contribution in [3.8, 4) is 0 Å². The van der Waals surface area contributed by atoms with Gasteiger partial charge >= 0.3 is 5.97 Å². The maximum Gasteiger partial charge on any atom is 0.375 e. The zero-order chi connectivity index (χ0) is 17.1. The highest BCUT2D eigenvalue weighted by Gasteiger charge is 2.20. The molecular weight excluding hydrogens is 378 g/mol. The Balaban J connectivity index is 1.60. The van der Waals surface area contributed by atoms with E-state index in [2.05, 4.69) is 21.2 Å². The van der Waals surface area contributed by atoms with Crippen LogP contribution < -0.4 is 5.32 Å². The Hall–Kier alpha value is -2.54. The lowest BCUT2D eigenvalue weighted by atomic mass is 10.1. The van der Waals surface area contributed by atoms with Crippen molar-refractivity contribution in [2.24, 2.45) is 0 Å². The number of ether oxygens (including phenoxy) is 1. The fourth-order valence-corrected chi connectivity index (χ4v) is 2.60. The molecule has 7 heteroatoms. The molecule has 0 saturated carbocycles. The zero-order valence-electron chi connectivity index (χ0n) is 12.8. The minimum atomic E-state index is -0.673. The van der Waals surface area contributed by atoms with Crippen LogP contribution in [0.3, 0.4) is 0 Å². The first kappa shape index (κ1) is 16.3. The van der Waals surface area contributed by atoms with Crippen molar-refractivity contribution in [2.45, 2.75) is 13.5 Å². The fourth-order valence-electron chi connectivity index (χ4n) is 2.23. The van der Waals surface area contributed by atoms with Crippen LogP contribution in [0.5, 0.6) is 0 Å². The van der Waals surface area contributed by atoms with Gasteiger partial charge in [-0.2, -0.15) is 0 Å². The number of nitrogens with one attached hydrogen (secondary N) is 1. The number of aryl methyl sites for hydroxylation is 1. The van der Waals surface area contributed by atoms with Crippen LogP contribution in [0.4, 0.5) is 0 Å². The molecule has 1 aromatic carbocycles. The van der Waals surface area contributed by atoms with E-state index < -0.39 is 11.9 Å². The topological polar surface area (TPSA) is 81.7 Å². The van der Waals surface area contributed by atoms with E-state index >= 15 is 0 Å². The highest BCUT2D eigenvalue weighted by Crippen LogP contribution is 2.28. The van der Waals surface area contributed by atoms with Crippen LogP contribution in [0.2, 0.25) is 0 Å². The number of furan rings is 2. The predicted octanol–water partition coefficient (Wildman–Crippen LogP) is 3.57. The molecule has 0 atom stereocenters. The Morgan fingerprint density at radius 1 is 1.29 bits per heavy atom. The van der Waals surface area contributed by atoms with Crippen LogP contribution in [0, 0.1) is 6.92 Å². The molecule has 1 amide bonds. The molecule has 0 aliphatic carbocycles. The summed E-state index contributed by atoms with van der Waals surface area (Å²) in [6, 6.07) is 8.91. The van der Waals surface area contributed by atoms with Crippen molar-refractivity contribution >= 4 is 38.8 Å². The SMILES string of the molecule is Cc1c(C(=O)OCC(=O)NCc2ccco2)oc2ccc(Br)cc12. The molecule has 0 saturated heterocycles. The number of rotatable bonds is 5. The Labute approximate surface area is 145 Å².